The number of hydrogen-bond donors (Lipinski definition) is 1. The molecule has 1 amide bonds. The van der Waals surface area contributed by atoms with Crippen LogP contribution in [-0.2, 0) is 13.1 Å². The first kappa shape index (κ1) is 19.8. The Bertz CT molecular complexity index is 1370. The first-order chi connectivity index (χ1) is 15.7. The number of nitrogens with zero attached hydrogens (tertiary/aromatic N) is 4. The highest BCUT2D eigenvalue weighted by atomic mass is 16.2. The highest BCUT2D eigenvalue weighted by molar-refractivity contribution is 5.94. The second-order valence-corrected chi connectivity index (χ2v) is 7.85. The van der Waals surface area contributed by atoms with Crippen molar-refractivity contribution in [2.24, 2.45) is 0 Å². The zero-order valence-corrected chi connectivity index (χ0v) is 17.8. The van der Waals surface area contributed by atoms with Crippen LogP contribution in [0.1, 0.15) is 21.9 Å². The summed E-state index contributed by atoms with van der Waals surface area (Å²) in [6.07, 6.45) is 3.71. The number of aromatic amines is 1. The third-order valence-corrected chi connectivity index (χ3v) is 5.58. The number of aromatic nitrogens is 4. The van der Waals surface area contributed by atoms with Gasteiger partial charge in [0, 0.05) is 31.5 Å². The maximum absolute atomic E-state index is 13.0. The van der Waals surface area contributed by atoms with Gasteiger partial charge in [-0.05, 0) is 28.5 Å². The molecular weight excluding hydrogens is 398 g/mol. The van der Waals surface area contributed by atoms with Gasteiger partial charge in [-0.3, -0.25) is 9.89 Å². The van der Waals surface area contributed by atoms with Gasteiger partial charge < -0.3 is 9.47 Å². The van der Waals surface area contributed by atoms with Crippen LogP contribution < -0.4 is 0 Å². The lowest BCUT2D eigenvalue weighted by Gasteiger charge is -2.17. The van der Waals surface area contributed by atoms with Crippen molar-refractivity contribution in [2.45, 2.75) is 13.1 Å². The summed E-state index contributed by atoms with van der Waals surface area (Å²) in [4.78, 5) is 19.1. The van der Waals surface area contributed by atoms with E-state index in [0.717, 1.165) is 22.5 Å². The van der Waals surface area contributed by atoms with E-state index in [2.05, 4.69) is 56.1 Å². The molecule has 0 atom stereocenters. The Balaban J connectivity index is 1.31. The minimum Gasteiger partial charge on any atom is -0.333 e. The van der Waals surface area contributed by atoms with Gasteiger partial charge in [-0.15, -0.1) is 0 Å². The van der Waals surface area contributed by atoms with Crippen LogP contribution in [0.4, 0.5) is 0 Å². The van der Waals surface area contributed by atoms with Gasteiger partial charge in [0.1, 0.15) is 11.5 Å². The van der Waals surface area contributed by atoms with Crippen LogP contribution in [0.15, 0.2) is 91.3 Å². The topological polar surface area (TPSA) is 66.8 Å². The van der Waals surface area contributed by atoms with Crippen molar-refractivity contribution in [1.29, 1.82) is 0 Å². The van der Waals surface area contributed by atoms with Gasteiger partial charge in [-0.25, -0.2) is 4.98 Å². The second kappa shape index (κ2) is 8.51. The molecule has 1 N–H and O–H groups in total. The van der Waals surface area contributed by atoms with Crippen molar-refractivity contribution >= 4 is 16.7 Å². The smallest absolute Gasteiger partial charge is 0.272 e. The summed E-state index contributed by atoms with van der Waals surface area (Å²) in [6, 6.07) is 26.4. The fourth-order valence-corrected chi connectivity index (χ4v) is 3.83. The Kier molecular flexibility index (Phi) is 5.25. The number of benzene rings is 3. The molecule has 0 aliphatic carbocycles. The normalized spacial score (nSPS) is 11.0. The lowest BCUT2D eigenvalue weighted by atomic mass is 10.1. The van der Waals surface area contributed by atoms with Gasteiger partial charge in [0.25, 0.3) is 5.91 Å². The van der Waals surface area contributed by atoms with E-state index >= 15 is 0 Å². The monoisotopic (exact) mass is 421 g/mol. The number of carbonyl (C=O) groups excluding carboxylic acids is 1. The number of nitrogens with one attached hydrogen (secondary N) is 1. The predicted octanol–water partition coefficient (Wildman–Crippen LogP) is 4.75. The summed E-state index contributed by atoms with van der Waals surface area (Å²) in [6.45, 7) is 1.12. The van der Waals surface area contributed by atoms with E-state index in [-0.39, 0.29) is 5.91 Å². The number of amides is 1. The van der Waals surface area contributed by atoms with Gasteiger partial charge in [0.05, 0.1) is 12.2 Å². The molecule has 5 aromatic rings. The molecule has 0 unspecified atom stereocenters. The van der Waals surface area contributed by atoms with Crippen LogP contribution in [0.25, 0.3) is 22.0 Å². The van der Waals surface area contributed by atoms with Crippen molar-refractivity contribution in [3.05, 3.63) is 108 Å². The lowest BCUT2D eigenvalue weighted by Crippen LogP contribution is -2.28. The van der Waals surface area contributed by atoms with Gasteiger partial charge in [0.15, 0.2) is 0 Å². The van der Waals surface area contributed by atoms with Crippen LogP contribution in [0.3, 0.4) is 0 Å². The third kappa shape index (κ3) is 4.03. The molecule has 0 radical (unpaired) electrons. The molecule has 0 aliphatic rings. The number of rotatable bonds is 6. The zero-order chi connectivity index (χ0) is 21.9. The van der Waals surface area contributed by atoms with Crippen molar-refractivity contribution in [3.8, 4) is 11.3 Å². The van der Waals surface area contributed by atoms with Crippen LogP contribution >= 0.6 is 0 Å². The Labute approximate surface area is 186 Å². The summed E-state index contributed by atoms with van der Waals surface area (Å²) in [7, 11) is 1.78. The molecule has 0 fully saturated rings. The van der Waals surface area contributed by atoms with E-state index in [9.17, 15) is 4.79 Å². The maximum Gasteiger partial charge on any atom is 0.272 e. The maximum atomic E-state index is 13.0. The SMILES string of the molecule is CN(Cc1nccn1Cc1ccccc1)C(=O)c1cc(-c2ccc3ccccc3c2)n[nH]1. The number of H-pyrrole nitrogens is 1. The van der Waals surface area contributed by atoms with E-state index in [4.69, 9.17) is 0 Å². The molecule has 0 aliphatic heterocycles. The van der Waals surface area contributed by atoms with E-state index in [1.54, 1.807) is 24.2 Å². The van der Waals surface area contributed by atoms with E-state index in [0.29, 0.717) is 18.8 Å². The molecule has 5 rings (SSSR count). The molecule has 0 saturated carbocycles. The van der Waals surface area contributed by atoms with E-state index in [1.165, 1.54) is 10.9 Å². The standard InChI is InChI=1S/C26H23N5O/c1-30(18-25-27-13-14-31(25)17-19-7-3-2-4-8-19)26(32)24-16-23(28-29-24)22-12-11-20-9-5-6-10-21(20)15-22/h2-16H,17-18H2,1H3,(H,28,29). The molecular formula is C26H23N5O. The Morgan fingerprint density at radius 3 is 2.59 bits per heavy atom. The Morgan fingerprint density at radius 2 is 1.75 bits per heavy atom. The summed E-state index contributed by atoms with van der Waals surface area (Å²) >= 11 is 0. The molecule has 32 heavy (non-hydrogen) atoms. The van der Waals surface area contributed by atoms with Gasteiger partial charge in [0.2, 0.25) is 0 Å². The van der Waals surface area contributed by atoms with Crippen LogP contribution in [0.5, 0.6) is 0 Å². The molecule has 0 bridgehead atoms. The van der Waals surface area contributed by atoms with Crippen LogP contribution in [-0.4, -0.2) is 37.6 Å². The van der Waals surface area contributed by atoms with Crippen molar-refractivity contribution in [2.75, 3.05) is 7.05 Å². The fourth-order valence-electron chi connectivity index (χ4n) is 3.83. The molecule has 0 spiro atoms. The molecule has 2 aromatic heterocycles. The average Bonchev–Trinajstić information content (AvgIpc) is 3.49. The Morgan fingerprint density at radius 1 is 0.969 bits per heavy atom. The van der Waals surface area contributed by atoms with Crippen molar-refractivity contribution in [3.63, 3.8) is 0 Å². The molecule has 2 heterocycles. The molecule has 6 heteroatoms. The lowest BCUT2D eigenvalue weighted by molar-refractivity contribution is 0.0774. The predicted molar refractivity (Wildman–Crippen MR) is 125 cm³/mol. The first-order valence-corrected chi connectivity index (χ1v) is 10.5. The highest BCUT2D eigenvalue weighted by Crippen LogP contribution is 2.24. The van der Waals surface area contributed by atoms with E-state index in [1.807, 2.05) is 42.6 Å². The molecule has 3 aromatic carbocycles. The van der Waals surface area contributed by atoms with Gasteiger partial charge >= 0.3 is 0 Å². The quantitative estimate of drug-likeness (QED) is 0.430. The zero-order valence-electron chi connectivity index (χ0n) is 17.8. The summed E-state index contributed by atoms with van der Waals surface area (Å²) in [5.74, 6) is 0.706. The number of imidazole rings is 1. The molecule has 158 valence electrons. The summed E-state index contributed by atoms with van der Waals surface area (Å²) in [5.41, 5.74) is 3.37. The largest absolute Gasteiger partial charge is 0.333 e. The van der Waals surface area contributed by atoms with Crippen LogP contribution in [0.2, 0.25) is 0 Å². The first-order valence-electron chi connectivity index (χ1n) is 10.5. The van der Waals surface area contributed by atoms with Crippen LogP contribution in [0, 0.1) is 0 Å². The molecule has 0 saturated heterocycles. The number of carbonyl (C=O) groups is 1. The average molecular weight is 422 g/mol. The number of hydrogen-bond acceptors (Lipinski definition) is 3. The fraction of sp³-hybridized carbons (Fsp3) is 0.115. The second-order valence-electron chi connectivity index (χ2n) is 7.85. The van der Waals surface area contributed by atoms with E-state index < -0.39 is 0 Å². The minimum absolute atomic E-state index is 0.126. The van der Waals surface area contributed by atoms with Gasteiger partial charge in [-0.2, -0.15) is 5.10 Å². The summed E-state index contributed by atoms with van der Waals surface area (Å²) in [5, 5.41) is 9.59. The van der Waals surface area contributed by atoms with Crippen molar-refractivity contribution in [1.82, 2.24) is 24.6 Å². The van der Waals surface area contributed by atoms with Gasteiger partial charge in [-0.1, -0.05) is 66.7 Å². The summed E-state index contributed by atoms with van der Waals surface area (Å²) < 4.78 is 2.06. The van der Waals surface area contributed by atoms with Crippen molar-refractivity contribution < 1.29 is 4.79 Å². The third-order valence-electron chi connectivity index (χ3n) is 5.58. The highest BCUT2D eigenvalue weighted by Gasteiger charge is 2.18. The minimum atomic E-state index is -0.126. The molecule has 6 nitrogen and oxygen atoms in total. The number of fused-ring (bicyclic) bond motifs is 1. The Hall–Kier alpha value is -4.19.